The molecule has 23 heavy (non-hydrogen) atoms. The van der Waals surface area contributed by atoms with Crippen LogP contribution in [0.15, 0.2) is 40.2 Å². The molecule has 0 saturated heterocycles. The number of rotatable bonds is 5. The summed E-state index contributed by atoms with van der Waals surface area (Å²) in [5.74, 6) is 0.395. The molecular weight excluding hydrogens is 380 g/mol. The summed E-state index contributed by atoms with van der Waals surface area (Å²) in [4.78, 5) is 24.5. The second kappa shape index (κ2) is 7.14. The van der Waals surface area contributed by atoms with E-state index in [1.54, 1.807) is 12.1 Å². The molecule has 1 saturated carbocycles. The molecule has 120 valence electrons. The maximum absolute atomic E-state index is 12.1. The molecule has 2 amide bonds. The SMILES string of the molecule is O=C(COc1ccc(Br)cc1)NNC(=O)c1sccc1C1CC1. The quantitative estimate of drug-likeness (QED) is 0.764. The van der Waals surface area contributed by atoms with Gasteiger partial charge in [-0.3, -0.25) is 20.4 Å². The zero-order valence-electron chi connectivity index (χ0n) is 12.2. The Labute approximate surface area is 146 Å². The number of ether oxygens (including phenoxy) is 1. The highest BCUT2D eigenvalue weighted by atomic mass is 79.9. The summed E-state index contributed by atoms with van der Waals surface area (Å²) >= 11 is 4.71. The Balaban J connectivity index is 1.46. The smallest absolute Gasteiger partial charge is 0.280 e. The van der Waals surface area contributed by atoms with Crippen molar-refractivity contribution < 1.29 is 14.3 Å². The molecule has 0 unspecified atom stereocenters. The molecule has 1 aromatic heterocycles. The average molecular weight is 395 g/mol. The van der Waals surface area contributed by atoms with E-state index in [4.69, 9.17) is 4.74 Å². The van der Waals surface area contributed by atoms with Gasteiger partial charge in [0, 0.05) is 4.47 Å². The van der Waals surface area contributed by atoms with Crippen LogP contribution in [-0.4, -0.2) is 18.4 Å². The number of hydrogen-bond acceptors (Lipinski definition) is 4. The zero-order chi connectivity index (χ0) is 16.2. The zero-order valence-corrected chi connectivity index (χ0v) is 14.6. The third-order valence-corrected chi connectivity index (χ3v) is 4.88. The van der Waals surface area contributed by atoms with Crippen LogP contribution in [0.3, 0.4) is 0 Å². The normalized spacial score (nSPS) is 13.4. The molecule has 0 radical (unpaired) electrons. The summed E-state index contributed by atoms with van der Waals surface area (Å²) in [5.41, 5.74) is 5.89. The largest absolute Gasteiger partial charge is 0.484 e. The van der Waals surface area contributed by atoms with Crippen molar-refractivity contribution in [3.8, 4) is 5.75 Å². The van der Waals surface area contributed by atoms with E-state index >= 15 is 0 Å². The lowest BCUT2D eigenvalue weighted by molar-refractivity contribution is -0.123. The van der Waals surface area contributed by atoms with Crippen molar-refractivity contribution in [1.82, 2.24) is 10.9 Å². The van der Waals surface area contributed by atoms with Crippen LogP contribution >= 0.6 is 27.3 Å². The molecule has 0 aliphatic heterocycles. The van der Waals surface area contributed by atoms with Crippen LogP contribution in [-0.2, 0) is 4.79 Å². The highest BCUT2D eigenvalue weighted by Crippen LogP contribution is 2.43. The number of amides is 2. The minimum Gasteiger partial charge on any atom is -0.484 e. The number of carbonyl (C=O) groups is 2. The molecule has 1 aromatic carbocycles. The maximum Gasteiger partial charge on any atom is 0.280 e. The van der Waals surface area contributed by atoms with Crippen LogP contribution in [0.2, 0.25) is 0 Å². The number of hydrogen-bond donors (Lipinski definition) is 2. The molecule has 0 spiro atoms. The number of halogens is 1. The summed E-state index contributed by atoms with van der Waals surface area (Å²) < 4.78 is 6.27. The van der Waals surface area contributed by atoms with Crippen molar-refractivity contribution in [2.24, 2.45) is 0 Å². The van der Waals surface area contributed by atoms with Crippen molar-refractivity contribution in [1.29, 1.82) is 0 Å². The third-order valence-electron chi connectivity index (χ3n) is 3.42. The predicted molar refractivity (Wildman–Crippen MR) is 91.5 cm³/mol. The Kier molecular flexibility index (Phi) is 4.97. The van der Waals surface area contributed by atoms with Crippen LogP contribution in [0.5, 0.6) is 5.75 Å². The van der Waals surface area contributed by atoms with E-state index in [-0.39, 0.29) is 12.5 Å². The first-order valence-corrected chi connectivity index (χ1v) is 8.85. The summed E-state index contributed by atoms with van der Waals surface area (Å²) in [5, 5.41) is 1.90. The number of benzene rings is 1. The van der Waals surface area contributed by atoms with Gasteiger partial charge in [0.1, 0.15) is 5.75 Å². The molecule has 1 heterocycles. The van der Waals surface area contributed by atoms with Crippen molar-refractivity contribution in [2.45, 2.75) is 18.8 Å². The van der Waals surface area contributed by atoms with Gasteiger partial charge >= 0.3 is 0 Å². The molecule has 2 N–H and O–H groups in total. The lowest BCUT2D eigenvalue weighted by Crippen LogP contribution is -2.43. The molecule has 1 fully saturated rings. The van der Waals surface area contributed by atoms with Crippen LogP contribution in [0.25, 0.3) is 0 Å². The highest BCUT2D eigenvalue weighted by Gasteiger charge is 2.28. The Morgan fingerprint density at radius 2 is 1.91 bits per heavy atom. The van der Waals surface area contributed by atoms with E-state index in [0.717, 1.165) is 22.9 Å². The summed E-state index contributed by atoms with van der Waals surface area (Å²) in [7, 11) is 0. The van der Waals surface area contributed by atoms with Gasteiger partial charge in [-0.25, -0.2) is 0 Å². The predicted octanol–water partition coefficient (Wildman–Crippen LogP) is 3.23. The second-order valence-electron chi connectivity index (χ2n) is 5.22. The lowest BCUT2D eigenvalue weighted by atomic mass is 10.1. The fraction of sp³-hybridized carbons (Fsp3) is 0.250. The first kappa shape index (κ1) is 16.0. The van der Waals surface area contributed by atoms with E-state index in [1.165, 1.54) is 11.3 Å². The highest BCUT2D eigenvalue weighted by molar-refractivity contribution is 9.10. The first-order valence-electron chi connectivity index (χ1n) is 7.18. The van der Waals surface area contributed by atoms with Gasteiger partial charge in [0.05, 0.1) is 4.88 Å². The van der Waals surface area contributed by atoms with Crippen LogP contribution in [0.1, 0.15) is 34.0 Å². The fourth-order valence-electron chi connectivity index (χ4n) is 2.12. The third kappa shape index (κ3) is 4.33. The molecular formula is C16H15BrN2O3S. The Hall–Kier alpha value is -1.86. The molecule has 0 atom stereocenters. The van der Waals surface area contributed by atoms with Gasteiger partial charge < -0.3 is 4.74 Å². The summed E-state index contributed by atoms with van der Waals surface area (Å²) in [6.07, 6.45) is 2.26. The number of hydrazine groups is 1. The van der Waals surface area contributed by atoms with Gasteiger partial charge in [-0.15, -0.1) is 11.3 Å². The molecule has 1 aliphatic carbocycles. The topological polar surface area (TPSA) is 67.4 Å². The van der Waals surface area contributed by atoms with Crippen molar-refractivity contribution in [3.05, 3.63) is 50.6 Å². The number of thiophene rings is 1. The van der Waals surface area contributed by atoms with Crippen LogP contribution in [0, 0.1) is 0 Å². The summed E-state index contributed by atoms with van der Waals surface area (Å²) in [6.45, 7) is -0.165. The lowest BCUT2D eigenvalue weighted by Gasteiger charge is -2.09. The van der Waals surface area contributed by atoms with E-state index in [0.29, 0.717) is 16.5 Å². The van der Waals surface area contributed by atoms with E-state index in [9.17, 15) is 9.59 Å². The summed E-state index contributed by atoms with van der Waals surface area (Å²) in [6, 6.07) is 9.14. The standard InChI is InChI=1S/C16H15BrN2O3S/c17-11-3-5-12(6-4-11)22-9-14(20)18-19-16(21)15-13(7-8-23-15)10-1-2-10/h3-8,10H,1-2,9H2,(H,18,20)(H,19,21). The van der Waals surface area contributed by atoms with Gasteiger partial charge in [-0.2, -0.15) is 0 Å². The Morgan fingerprint density at radius 1 is 1.17 bits per heavy atom. The van der Waals surface area contributed by atoms with Gasteiger partial charge in [-0.1, -0.05) is 15.9 Å². The fourth-order valence-corrected chi connectivity index (χ4v) is 3.26. The maximum atomic E-state index is 12.1. The molecule has 1 aliphatic rings. The number of nitrogens with one attached hydrogen (secondary N) is 2. The number of carbonyl (C=O) groups excluding carboxylic acids is 2. The monoisotopic (exact) mass is 394 g/mol. The molecule has 7 heteroatoms. The van der Waals surface area contributed by atoms with E-state index in [1.807, 2.05) is 23.6 Å². The Morgan fingerprint density at radius 3 is 2.61 bits per heavy atom. The van der Waals surface area contributed by atoms with Crippen LogP contribution in [0.4, 0.5) is 0 Å². The Bertz CT molecular complexity index is 710. The van der Waals surface area contributed by atoms with E-state index in [2.05, 4.69) is 26.8 Å². The second-order valence-corrected chi connectivity index (χ2v) is 7.06. The van der Waals surface area contributed by atoms with Gasteiger partial charge in [-0.05, 0) is 60.0 Å². The first-order chi connectivity index (χ1) is 11.1. The van der Waals surface area contributed by atoms with Crippen molar-refractivity contribution >= 4 is 39.1 Å². The van der Waals surface area contributed by atoms with Crippen LogP contribution < -0.4 is 15.6 Å². The van der Waals surface area contributed by atoms with Gasteiger partial charge in [0.15, 0.2) is 6.61 Å². The van der Waals surface area contributed by atoms with Crippen molar-refractivity contribution in [2.75, 3.05) is 6.61 Å². The minimum absolute atomic E-state index is 0.165. The van der Waals surface area contributed by atoms with Gasteiger partial charge in [0.25, 0.3) is 11.8 Å². The molecule has 0 bridgehead atoms. The minimum atomic E-state index is -0.411. The molecule has 5 nitrogen and oxygen atoms in total. The van der Waals surface area contributed by atoms with E-state index < -0.39 is 5.91 Å². The average Bonchev–Trinajstić information content (AvgIpc) is 3.28. The molecule has 3 rings (SSSR count). The van der Waals surface area contributed by atoms with Crippen molar-refractivity contribution in [3.63, 3.8) is 0 Å². The molecule has 2 aromatic rings. The van der Waals surface area contributed by atoms with Gasteiger partial charge in [0.2, 0.25) is 0 Å².